The lowest BCUT2D eigenvalue weighted by molar-refractivity contribution is -0.384. The minimum absolute atomic E-state index is 0.0337. The van der Waals surface area contributed by atoms with Crippen LogP contribution in [0.25, 0.3) is 10.9 Å². The van der Waals surface area contributed by atoms with Crippen molar-refractivity contribution in [3.8, 4) is 0 Å². The van der Waals surface area contributed by atoms with Gasteiger partial charge in [-0.25, -0.2) is 8.42 Å². The summed E-state index contributed by atoms with van der Waals surface area (Å²) in [5, 5.41) is 14.6. The van der Waals surface area contributed by atoms with Crippen molar-refractivity contribution in [3.05, 3.63) is 40.1 Å². The number of pyridine rings is 1. The first-order valence-corrected chi connectivity index (χ1v) is 8.90. The minimum atomic E-state index is -3.24. The zero-order valence-electron chi connectivity index (χ0n) is 13.5. The first-order chi connectivity index (χ1) is 10.5. The van der Waals surface area contributed by atoms with Gasteiger partial charge in [0.1, 0.15) is 0 Å². The van der Waals surface area contributed by atoms with Crippen LogP contribution in [0.5, 0.6) is 0 Å². The Morgan fingerprint density at radius 2 is 1.96 bits per heavy atom. The van der Waals surface area contributed by atoms with Gasteiger partial charge in [0, 0.05) is 41.7 Å². The minimum Gasteiger partial charge on any atom is -0.383 e. The Morgan fingerprint density at radius 1 is 1.30 bits per heavy atom. The standard InChI is InChI=1S/C15H19N3O4S/c1-10-7-14(16-9-15(2,3)23(4,21)22)12-8-11(18(19)20)5-6-13(12)17-10/h5-8H,9H2,1-4H3,(H,16,17). The summed E-state index contributed by atoms with van der Waals surface area (Å²) < 4.78 is 22.7. The average Bonchev–Trinajstić information content (AvgIpc) is 2.42. The van der Waals surface area contributed by atoms with Gasteiger partial charge in [0.25, 0.3) is 5.69 Å². The number of anilines is 1. The van der Waals surface area contributed by atoms with E-state index in [0.717, 1.165) is 5.69 Å². The van der Waals surface area contributed by atoms with Crippen LogP contribution >= 0.6 is 0 Å². The molecule has 0 radical (unpaired) electrons. The third kappa shape index (κ3) is 3.58. The Morgan fingerprint density at radius 3 is 2.52 bits per heavy atom. The summed E-state index contributed by atoms with van der Waals surface area (Å²) in [6, 6.07) is 6.19. The van der Waals surface area contributed by atoms with E-state index in [2.05, 4.69) is 10.3 Å². The van der Waals surface area contributed by atoms with Crippen LogP contribution in [0.4, 0.5) is 11.4 Å². The predicted octanol–water partition coefficient (Wildman–Crippen LogP) is 2.69. The van der Waals surface area contributed by atoms with Crippen LogP contribution in [0.1, 0.15) is 19.5 Å². The van der Waals surface area contributed by atoms with Crippen LogP contribution in [0, 0.1) is 17.0 Å². The number of benzene rings is 1. The van der Waals surface area contributed by atoms with Crippen LogP contribution in [0.3, 0.4) is 0 Å². The number of nitro benzene ring substituents is 1. The highest BCUT2D eigenvalue weighted by atomic mass is 32.2. The Bertz CT molecular complexity index is 876. The number of nitro groups is 1. The van der Waals surface area contributed by atoms with Crippen LogP contribution in [-0.4, -0.2) is 35.9 Å². The summed E-state index contributed by atoms with van der Waals surface area (Å²) in [4.78, 5) is 14.8. The molecule has 0 amide bonds. The predicted molar refractivity (Wildman–Crippen MR) is 90.5 cm³/mol. The summed E-state index contributed by atoms with van der Waals surface area (Å²) in [6.07, 6.45) is 1.19. The number of sulfone groups is 1. The molecule has 0 unspecified atom stereocenters. The van der Waals surface area contributed by atoms with Gasteiger partial charge >= 0.3 is 0 Å². The number of fused-ring (bicyclic) bond motifs is 1. The molecule has 1 aromatic heterocycles. The number of aryl methyl sites for hydroxylation is 1. The zero-order chi connectivity index (χ0) is 17.4. The van der Waals surface area contributed by atoms with Crippen molar-refractivity contribution in [1.82, 2.24) is 4.98 Å². The van der Waals surface area contributed by atoms with Crippen LogP contribution in [0.15, 0.2) is 24.3 Å². The van der Waals surface area contributed by atoms with E-state index in [9.17, 15) is 18.5 Å². The molecule has 7 nitrogen and oxygen atoms in total. The van der Waals surface area contributed by atoms with Crippen LogP contribution in [0.2, 0.25) is 0 Å². The fourth-order valence-electron chi connectivity index (χ4n) is 2.05. The summed E-state index contributed by atoms with van der Waals surface area (Å²) >= 11 is 0. The van der Waals surface area contributed by atoms with E-state index in [-0.39, 0.29) is 12.2 Å². The maximum absolute atomic E-state index is 11.8. The van der Waals surface area contributed by atoms with Crippen molar-refractivity contribution in [1.29, 1.82) is 0 Å². The number of nitrogens with one attached hydrogen (secondary N) is 1. The lowest BCUT2D eigenvalue weighted by Crippen LogP contribution is -2.38. The van der Waals surface area contributed by atoms with Gasteiger partial charge < -0.3 is 5.32 Å². The molecule has 1 aromatic carbocycles. The number of nitrogens with zero attached hydrogens (tertiary/aromatic N) is 2. The third-order valence-corrected chi connectivity index (χ3v) is 5.99. The van der Waals surface area contributed by atoms with Crippen molar-refractivity contribution in [2.24, 2.45) is 0 Å². The second kappa shape index (κ2) is 5.77. The largest absolute Gasteiger partial charge is 0.383 e. The van der Waals surface area contributed by atoms with Gasteiger partial charge in [-0.05, 0) is 32.9 Å². The van der Waals surface area contributed by atoms with E-state index < -0.39 is 19.5 Å². The Labute approximate surface area is 134 Å². The molecule has 1 heterocycles. The molecule has 8 heteroatoms. The van der Waals surface area contributed by atoms with Gasteiger partial charge in [0.2, 0.25) is 0 Å². The molecule has 0 aliphatic heterocycles. The molecule has 2 rings (SSSR count). The van der Waals surface area contributed by atoms with Crippen molar-refractivity contribution >= 4 is 32.1 Å². The molecule has 0 fully saturated rings. The summed E-state index contributed by atoms with van der Waals surface area (Å²) in [6.45, 7) is 5.27. The monoisotopic (exact) mass is 337 g/mol. The molecule has 0 aliphatic rings. The fraction of sp³-hybridized carbons (Fsp3) is 0.400. The van der Waals surface area contributed by atoms with Crippen molar-refractivity contribution in [3.63, 3.8) is 0 Å². The molecule has 0 bridgehead atoms. The van der Waals surface area contributed by atoms with Crippen molar-refractivity contribution < 1.29 is 13.3 Å². The molecular weight excluding hydrogens is 318 g/mol. The Hall–Kier alpha value is -2.22. The van der Waals surface area contributed by atoms with E-state index in [1.807, 2.05) is 6.92 Å². The van der Waals surface area contributed by atoms with E-state index in [1.54, 1.807) is 26.0 Å². The van der Waals surface area contributed by atoms with Gasteiger partial charge in [0.15, 0.2) is 9.84 Å². The summed E-state index contributed by atoms with van der Waals surface area (Å²) in [5.74, 6) is 0. The topological polar surface area (TPSA) is 102 Å². The molecule has 0 saturated carbocycles. The SMILES string of the molecule is Cc1cc(NCC(C)(C)S(C)(=O)=O)c2cc([N+](=O)[O-])ccc2n1. The average molecular weight is 337 g/mol. The number of hydrogen-bond donors (Lipinski definition) is 1. The maximum Gasteiger partial charge on any atom is 0.270 e. The molecule has 0 atom stereocenters. The van der Waals surface area contributed by atoms with Gasteiger partial charge in [0.05, 0.1) is 15.2 Å². The van der Waals surface area contributed by atoms with E-state index in [4.69, 9.17) is 0 Å². The lowest BCUT2D eigenvalue weighted by Gasteiger charge is -2.24. The van der Waals surface area contributed by atoms with Crippen LogP contribution in [-0.2, 0) is 9.84 Å². The van der Waals surface area contributed by atoms with Gasteiger partial charge in [-0.2, -0.15) is 0 Å². The number of hydrogen-bond acceptors (Lipinski definition) is 6. The van der Waals surface area contributed by atoms with Crippen molar-refractivity contribution in [2.45, 2.75) is 25.5 Å². The molecule has 23 heavy (non-hydrogen) atoms. The Balaban J connectivity index is 2.47. The van der Waals surface area contributed by atoms with Crippen molar-refractivity contribution in [2.75, 3.05) is 18.1 Å². The second-order valence-corrected chi connectivity index (χ2v) is 8.80. The van der Waals surface area contributed by atoms with E-state index >= 15 is 0 Å². The highest BCUT2D eigenvalue weighted by Gasteiger charge is 2.30. The first kappa shape index (κ1) is 17.1. The molecule has 124 valence electrons. The maximum atomic E-state index is 11.8. The Kier molecular flexibility index (Phi) is 4.30. The van der Waals surface area contributed by atoms with Gasteiger partial charge in [-0.3, -0.25) is 15.1 Å². The normalized spacial score (nSPS) is 12.3. The molecule has 0 saturated heterocycles. The molecule has 2 aromatic rings. The fourth-order valence-corrected chi connectivity index (χ4v) is 2.38. The summed E-state index contributed by atoms with van der Waals surface area (Å²) in [5.41, 5.74) is 1.96. The number of aromatic nitrogens is 1. The first-order valence-electron chi connectivity index (χ1n) is 7.00. The highest BCUT2D eigenvalue weighted by molar-refractivity contribution is 7.92. The quantitative estimate of drug-likeness (QED) is 0.665. The third-order valence-electron chi connectivity index (χ3n) is 3.84. The zero-order valence-corrected chi connectivity index (χ0v) is 14.3. The smallest absolute Gasteiger partial charge is 0.270 e. The van der Waals surface area contributed by atoms with Gasteiger partial charge in [-0.1, -0.05) is 0 Å². The summed E-state index contributed by atoms with van der Waals surface area (Å²) in [7, 11) is -3.24. The van der Waals surface area contributed by atoms with E-state index in [1.165, 1.54) is 18.4 Å². The number of non-ortho nitro benzene ring substituents is 1. The van der Waals surface area contributed by atoms with E-state index in [0.29, 0.717) is 16.6 Å². The highest BCUT2D eigenvalue weighted by Crippen LogP contribution is 2.28. The molecular formula is C15H19N3O4S. The van der Waals surface area contributed by atoms with Gasteiger partial charge in [-0.15, -0.1) is 0 Å². The second-order valence-electron chi connectivity index (χ2n) is 6.16. The molecule has 0 spiro atoms. The number of rotatable bonds is 5. The molecule has 0 aliphatic carbocycles. The lowest BCUT2D eigenvalue weighted by atomic mass is 10.1. The molecule has 1 N–H and O–H groups in total. The van der Waals surface area contributed by atoms with Crippen LogP contribution < -0.4 is 5.32 Å².